The standard InChI is InChI=1S/C16H26O4S.3CH4.Na/c1-2-3-4-5-6-7-8-15-9-11-16(12-10-15)20-13-14-21(17,18)19;;;;/h9-12H,2-8,13-14H2,1H3,(H,17,18,19);3*1H4;/q;;;;+1/p-1. The molecule has 1 aromatic carbocycles. The topological polar surface area (TPSA) is 66.4 Å². The third kappa shape index (κ3) is 18.5. The number of hydrogen-bond acceptors (Lipinski definition) is 4. The predicted molar refractivity (Wildman–Crippen MR) is 104 cm³/mol. The van der Waals surface area contributed by atoms with Gasteiger partial charge in [-0.05, 0) is 30.5 Å². The molecule has 0 aliphatic heterocycles. The van der Waals surface area contributed by atoms with Crippen LogP contribution in [0.2, 0.25) is 0 Å². The number of rotatable bonds is 11. The number of aryl methyl sites for hydroxylation is 1. The maximum absolute atomic E-state index is 10.5. The van der Waals surface area contributed by atoms with Crippen LogP contribution in [-0.4, -0.2) is 25.3 Å². The zero-order valence-electron chi connectivity index (χ0n) is 13.7. The van der Waals surface area contributed by atoms with Crippen LogP contribution in [0.15, 0.2) is 24.3 Å². The van der Waals surface area contributed by atoms with Crippen molar-refractivity contribution in [2.75, 3.05) is 12.4 Å². The van der Waals surface area contributed by atoms with Crippen molar-refractivity contribution in [3.8, 4) is 5.75 Å². The molecule has 0 aromatic heterocycles. The van der Waals surface area contributed by atoms with Gasteiger partial charge in [-0.2, -0.15) is 0 Å². The second-order valence-corrected chi connectivity index (χ2v) is 6.80. The van der Waals surface area contributed by atoms with E-state index in [0.717, 1.165) is 6.42 Å². The van der Waals surface area contributed by atoms with Crippen molar-refractivity contribution in [3.05, 3.63) is 29.8 Å². The van der Waals surface area contributed by atoms with Gasteiger partial charge in [-0.1, -0.05) is 73.4 Å². The van der Waals surface area contributed by atoms with Gasteiger partial charge in [-0.15, -0.1) is 0 Å². The monoisotopic (exact) mass is 384 g/mol. The van der Waals surface area contributed by atoms with Crippen LogP contribution in [0.1, 0.15) is 73.3 Å². The Morgan fingerprint density at radius 1 is 0.920 bits per heavy atom. The van der Waals surface area contributed by atoms with Crippen LogP contribution in [0.3, 0.4) is 0 Å². The van der Waals surface area contributed by atoms with E-state index < -0.39 is 15.9 Å². The van der Waals surface area contributed by atoms with E-state index in [1.165, 1.54) is 44.1 Å². The van der Waals surface area contributed by atoms with Gasteiger partial charge < -0.3 is 9.29 Å². The molecule has 0 saturated carbocycles. The van der Waals surface area contributed by atoms with E-state index in [0.29, 0.717) is 5.75 Å². The maximum atomic E-state index is 10.5. The molecule has 0 unspecified atom stereocenters. The predicted octanol–water partition coefficient (Wildman–Crippen LogP) is 2.43. The Morgan fingerprint density at radius 2 is 1.44 bits per heavy atom. The van der Waals surface area contributed by atoms with E-state index in [1.807, 2.05) is 24.3 Å². The molecule has 0 bridgehead atoms. The van der Waals surface area contributed by atoms with Crippen LogP contribution < -0.4 is 34.3 Å². The van der Waals surface area contributed by atoms with Gasteiger partial charge in [-0.25, -0.2) is 8.42 Å². The number of unbranched alkanes of at least 4 members (excludes halogenated alkanes) is 5. The summed E-state index contributed by atoms with van der Waals surface area (Å²) < 4.78 is 36.6. The molecule has 144 valence electrons. The van der Waals surface area contributed by atoms with E-state index in [2.05, 4.69) is 6.92 Å². The summed E-state index contributed by atoms with van der Waals surface area (Å²) in [7, 11) is -4.20. The molecular weight excluding hydrogens is 347 g/mol. The maximum Gasteiger partial charge on any atom is 1.00 e. The molecule has 0 heterocycles. The average Bonchev–Trinajstić information content (AvgIpc) is 2.43. The quantitative estimate of drug-likeness (QED) is 0.334. The minimum atomic E-state index is -4.20. The molecule has 0 amide bonds. The average molecular weight is 385 g/mol. The molecule has 6 heteroatoms. The summed E-state index contributed by atoms with van der Waals surface area (Å²) in [5.74, 6) is 0.109. The number of benzene rings is 1. The molecule has 0 atom stereocenters. The van der Waals surface area contributed by atoms with Crippen molar-refractivity contribution in [1.29, 1.82) is 0 Å². The second kappa shape index (κ2) is 18.7. The van der Waals surface area contributed by atoms with Crippen molar-refractivity contribution in [1.82, 2.24) is 0 Å². The second-order valence-electron chi connectivity index (χ2n) is 5.27. The van der Waals surface area contributed by atoms with Crippen molar-refractivity contribution < 1.29 is 47.3 Å². The third-order valence-corrected chi connectivity index (χ3v) is 4.01. The number of ether oxygens (including phenoxy) is 1. The summed E-state index contributed by atoms with van der Waals surface area (Å²) in [6.45, 7) is 2.12. The fourth-order valence-corrected chi connectivity index (χ4v) is 2.41. The molecule has 1 aromatic rings. The van der Waals surface area contributed by atoms with E-state index in [4.69, 9.17) is 4.74 Å². The van der Waals surface area contributed by atoms with E-state index in [1.54, 1.807) is 0 Å². The SMILES string of the molecule is C.C.C.CCCCCCCCc1ccc(OCCS(=O)(=O)[O-])cc1.[Na+]. The first-order chi connectivity index (χ1) is 10.0. The van der Waals surface area contributed by atoms with E-state index in [9.17, 15) is 13.0 Å². The largest absolute Gasteiger partial charge is 1.00 e. The van der Waals surface area contributed by atoms with Crippen LogP contribution in [-0.2, 0) is 16.5 Å². The molecule has 0 saturated heterocycles. The summed E-state index contributed by atoms with van der Waals surface area (Å²) in [4.78, 5) is 0. The Morgan fingerprint density at radius 3 is 1.96 bits per heavy atom. The Kier molecular flexibility index (Phi) is 24.4. The summed E-state index contributed by atoms with van der Waals surface area (Å²) in [6.07, 6.45) is 8.74. The summed E-state index contributed by atoms with van der Waals surface area (Å²) >= 11 is 0. The molecule has 0 fully saturated rings. The van der Waals surface area contributed by atoms with Crippen LogP contribution in [0, 0.1) is 0 Å². The van der Waals surface area contributed by atoms with Gasteiger partial charge in [0.05, 0.1) is 15.9 Å². The van der Waals surface area contributed by atoms with Gasteiger partial charge in [-0.3, -0.25) is 0 Å². The Balaban J connectivity index is -0.000000551. The van der Waals surface area contributed by atoms with Gasteiger partial charge in [0.25, 0.3) is 0 Å². The molecule has 0 radical (unpaired) electrons. The van der Waals surface area contributed by atoms with Crippen LogP contribution in [0.25, 0.3) is 0 Å². The fraction of sp³-hybridized carbons (Fsp3) is 0.684. The van der Waals surface area contributed by atoms with Crippen LogP contribution >= 0.6 is 0 Å². The van der Waals surface area contributed by atoms with Crippen molar-refractivity contribution >= 4 is 10.1 Å². The normalized spacial score (nSPS) is 9.68. The zero-order chi connectivity index (χ0) is 15.6. The molecule has 4 nitrogen and oxygen atoms in total. The van der Waals surface area contributed by atoms with Gasteiger partial charge in [0.1, 0.15) is 12.4 Å². The van der Waals surface area contributed by atoms with Crippen molar-refractivity contribution in [2.45, 2.75) is 74.1 Å². The Labute approximate surface area is 178 Å². The summed E-state index contributed by atoms with van der Waals surface area (Å²) in [6, 6.07) is 7.63. The molecule has 0 N–H and O–H groups in total. The summed E-state index contributed by atoms with van der Waals surface area (Å²) in [5, 5.41) is 0. The first-order valence-corrected chi connectivity index (χ1v) is 9.24. The van der Waals surface area contributed by atoms with Crippen LogP contribution in [0.5, 0.6) is 5.75 Å². The van der Waals surface area contributed by atoms with Gasteiger partial charge >= 0.3 is 29.6 Å². The molecule has 1 rings (SSSR count). The molecule has 0 spiro atoms. The first-order valence-electron chi connectivity index (χ1n) is 7.66. The third-order valence-electron chi connectivity index (χ3n) is 3.34. The Hall–Kier alpha value is -0.0700. The van der Waals surface area contributed by atoms with E-state index in [-0.39, 0.29) is 58.4 Å². The van der Waals surface area contributed by atoms with Crippen molar-refractivity contribution in [2.24, 2.45) is 0 Å². The van der Waals surface area contributed by atoms with E-state index >= 15 is 0 Å². The Bertz CT molecular complexity index is 487. The fourth-order valence-electron chi connectivity index (χ4n) is 2.12. The van der Waals surface area contributed by atoms with Gasteiger partial charge in [0.2, 0.25) is 0 Å². The number of hydrogen-bond donors (Lipinski definition) is 0. The molecular formula is C19H37NaO4S. The zero-order valence-corrected chi connectivity index (χ0v) is 16.5. The molecule has 0 aliphatic carbocycles. The van der Waals surface area contributed by atoms with Gasteiger partial charge in [0, 0.05) is 0 Å². The van der Waals surface area contributed by atoms with Crippen molar-refractivity contribution in [3.63, 3.8) is 0 Å². The minimum absolute atomic E-state index is 0. The summed E-state index contributed by atoms with van der Waals surface area (Å²) in [5.41, 5.74) is 1.26. The molecule has 25 heavy (non-hydrogen) atoms. The first kappa shape index (κ1) is 32.6. The smallest absolute Gasteiger partial charge is 0.748 e. The van der Waals surface area contributed by atoms with Crippen LogP contribution in [0.4, 0.5) is 0 Å². The molecule has 0 aliphatic rings. The van der Waals surface area contributed by atoms with Gasteiger partial charge in [0.15, 0.2) is 0 Å². The minimum Gasteiger partial charge on any atom is -0.748 e.